The minimum Gasteiger partial charge on any atom is -0.497 e. The molecule has 28 heavy (non-hydrogen) atoms. The SMILES string of the molecule is COc1cccc(Cc2nnc(NC(=O)C3(n4cccn4)CCNCC3)s2)c1. The Kier molecular flexibility index (Phi) is 5.36. The lowest BCUT2D eigenvalue weighted by molar-refractivity contribution is -0.126. The predicted octanol–water partition coefficient (Wildman–Crippen LogP) is 2.05. The lowest BCUT2D eigenvalue weighted by Gasteiger charge is -2.36. The summed E-state index contributed by atoms with van der Waals surface area (Å²) in [7, 11) is 1.65. The molecule has 0 bridgehead atoms. The summed E-state index contributed by atoms with van der Waals surface area (Å²) in [5, 5.41) is 20.3. The molecule has 0 aliphatic carbocycles. The first-order valence-corrected chi connectivity index (χ1v) is 9.99. The van der Waals surface area contributed by atoms with E-state index in [-0.39, 0.29) is 5.91 Å². The zero-order chi connectivity index (χ0) is 19.4. The molecule has 0 saturated carbocycles. The summed E-state index contributed by atoms with van der Waals surface area (Å²) >= 11 is 1.39. The standard InChI is InChI=1S/C19H22N6O2S/c1-27-15-5-2-4-14(12-15)13-16-23-24-18(28-16)22-17(26)19(6-9-20-10-7-19)25-11-3-8-21-25/h2-5,8,11-12,20H,6-7,9-10,13H2,1H3,(H,22,24,26). The minimum atomic E-state index is -0.701. The van der Waals surface area contributed by atoms with Gasteiger partial charge >= 0.3 is 0 Å². The van der Waals surface area contributed by atoms with E-state index < -0.39 is 5.54 Å². The first-order chi connectivity index (χ1) is 13.7. The Morgan fingerprint density at radius 3 is 2.93 bits per heavy atom. The lowest BCUT2D eigenvalue weighted by Crippen LogP contribution is -2.52. The highest BCUT2D eigenvalue weighted by Crippen LogP contribution is 2.29. The Morgan fingerprint density at radius 1 is 1.32 bits per heavy atom. The molecule has 1 fully saturated rings. The van der Waals surface area contributed by atoms with Crippen molar-refractivity contribution in [3.05, 3.63) is 53.3 Å². The van der Waals surface area contributed by atoms with E-state index >= 15 is 0 Å². The molecule has 9 heteroatoms. The maximum Gasteiger partial charge on any atom is 0.254 e. The molecule has 8 nitrogen and oxygen atoms in total. The van der Waals surface area contributed by atoms with E-state index in [9.17, 15) is 4.79 Å². The van der Waals surface area contributed by atoms with Crippen molar-refractivity contribution in [1.82, 2.24) is 25.3 Å². The van der Waals surface area contributed by atoms with Gasteiger partial charge in [-0.3, -0.25) is 14.8 Å². The number of nitrogens with one attached hydrogen (secondary N) is 2. The van der Waals surface area contributed by atoms with Crippen molar-refractivity contribution in [1.29, 1.82) is 0 Å². The molecule has 1 aliphatic heterocycles. The fourth-order valence-corrected chi connectivity index (χ4v) is 4.24. The van der Waals surface area contributed by atoms with Crippen molar-refractivity contribution in [2.75, 3.05) is 25.5 Å². The van der Waals surface area contributed by atoms with Gasteiger partial charge in [0, 0.05) is 18.8 Å². The van der Waals surface area contributed by atoms with E-state index in [1.165, 1.54) is 11.3 Å². The summed E-state index contributed by atoms with van der Waals surface area (Å²) in [4.78, 5) is 13.2. The van der Waals surface area contributed by atoms with Crippen molar-refractivity contribution < 1.29 is 9.53 Å². The number of methoxy groups -OCH3 is 1. The number of hydrogen-bond acceptors (Lipinski definition) is 7. The van der Waals surface area contributed by atoms with E-state index in [2.05, 4.69) is 25.9 Å². The van der Waals surface area contributed by atoms with Gasteiger partial charge in [0.2, 0.25) is 5.13 Å². The highest BCUT2D eigenvalue weighted by Gasteiger charge is 2.42. The van der Waals surface area contributed by atoms with Crippen molar-refractivity contribution in [3.8, 4) is 5.75 Å². The van der Waals surface area contributed by atoms with Crippen LogP contribution in [0.1, 0.15) is 23.4 Å². The van der Waals surface area contributed by atoms with Gasteiger partial charge in [-0.05, 0) is 49.7 Å². The van der Waals surface area contributed by atoms with Gasteiger partial charge in [-0.25, -0.2) is 0 Å². The van der Waals surface area contributed by atoms with E-state index in [1.54, 1.807) is 18.0 Å². The maximum absolute atomic E-state index is 13.2. The van der Waals surface area contributed by atoms with Crippen LogP contribution in [0, 0.1) is 0 Å². The van der Waals surface area contributed by atoms with Crippen molar-refractivity contribution in [2.45, 2.75) is 24.8 Å². The first kappa shape index (κ1) is 18.6. The summed E-state index contributed by atoms with van der Waals surface area (Å²) in [6.45, 7) is 1.54. The molecule has 3 aromatic rings. The molecule has 2 N–H and O–H groups in total. The second-order valence-electron chi connectivity index (χ2n) is 6.72. The number of benzene rings is 1. The number of anilines is 1. The molecule has 3 heterocycles. The number of amides is 1. The smallest absolute Gasteiger partial charge is 0.254 e. The van der Waals surface area contributed by atoms with Gasteiger partial charge in [-0.1, -0.05) is 23.5 Å². The zero-order valence-corrected chi connectivity index (χ0v) is 16.4. The fraction of sp³-hybridized carbons (Fsp3) is 0.368. The average molecular weight is 398 g/mol. The third-order valence-electron chi connectivity index (χ3n) is 4.97. The molecule has 2 aromatic heterocycles. The van der Waals surface area contributed by atoms with Crippen molar-refractivity contribution in [3.63, 3.8) is 0 Å². The van der Waals surface area contributed by atoms with Crippen LogP contribution >= 0.6 is 11.3 Å². The summed E-state index contributed by atoms with van der Waals surface area (Å²) in [6, 6.07) is 9.69. The Labute approximate surface area is 166 Å². The van der Waals surface area contributed by atoms with Crippen LogP contribution in [0.3, 0.4) is 0 Å². The van der Waals surface area contributed by atoms with Gasteiger partial charge in [-0.2, -0.15) is 5.10 Å². The highest BCUT2D eigenvalue weighted by atomic mass is 32.1. The molecule has 1 saturated heterocycles. The van der Waals surface area contributed by atoms with E-state index in [0.29, 0.717) is 24.4 Å². The van der Waals surface area contributed by atoms with Crippen LogP contribution in [0.15, 0.2) is 42.7 Å². The molecule has 0 atom stereocenters. The Balaban J connectivity index is 1.49. The molecule has 4 rings (SSSR count). The third kappa shape index (κ3) is 3.76. The number of carbonyl (C=O) groups is 1. The molecule has 0 spiro atoms. The van der Waals surface area contributed by atoms with Crippen LogP contribution in [0.4, 0.5) is 5.13 Å². The Hall–Kier alpha value is -2.78. The second-order valence-corrected chi connectivity index (χ2v) is 7.78. The number of rotatable bonds is 6. The topological polar surface area (TPSA) is 94.0 Å². The molecule has 146 valence electrons. The van der Waals surface area contributed by atoms with E-state index in [1.807, 2.05) is 36.5 Å². The lowest BCUT2D eigenvalue weighted by atomic mass is 9.87. The number of piperidine rings is 1. The van der Waals surface area contributed by atoms with Crippen LogP contribution in [-0.4, -0.2) is 46.1 Å². The van der Waals surface area contributed by atoms with E-state index in [4.69, 9.17) is 4.74 Å². The largest absolute Gasteiger partial charge is 0.497 e. The summed E-state index contributed by atoms with van der Waals surface area (Å²) in [5.41, 5.74) is 0.382. The quantitative estimate of drug-likeness (QED) is 0.660. The predicted molar refractivity (Wildman–Crippen MR) is 107 cm³/mol. The molecule has 1 aliphatic rings. The Bertz CT molecular complexity index is 934. The molecular weight excluding hydrogens is 376 g/mol. The van der Waals surface area contributed by atoms with Gasteiger partial charge in [0.25, 0.3) is 5.91 Å². The van der Waals surface area contributed by atoms with Crippen LogP contribution in [0.25, 0.3) is 0 Å². The molecule has 0 radical (unpaired) electrons. The van der Waals surface area contributed by atoms with Crippen LogP contribution in [-0.2, 0) is 16.8 Å². The number of aromatic nitrogens is 4. The number of ether oxygens (including phenoxy) is 1. The first-order valence-electron chi connectivity index (χ1n) is 9.17. The highest BCUT2D eigenvalue weighted by molar-refractivity contribution is 7.15. The summed E-state index contributed by atoms with van der Waals surface area (Å²) in [5.74, 6) is 0.712. The zero-order valence-electron chi connectivity index (χ0n) is 15.6. The molecular formula is C19H22N6O2S. The maximum atomic E-state index is 13.2. The summed E-state index contributed by atoms with van der Waals surface area (Å²) in [6.07, 6.45) is 5.54. The second kappa shape index (κ2) is 8.07. The molecule has 1 aromatic carbocycles. The van der Waals surface area contributed by atoms with Crippen LogP contribution < -0.4 is 15.4 Å². The third-order valence-corrected chi connectivity index (χ3v) is 5.81. The average Bonchev–Trinajstić information content (AvgIpc) is 3.41. The van der Waals surface area contributed by atoms with Gasteiger partial charge in [0.15, 0.2) is 0 Å². The minimum absolute atomic E-state index is 0.0956. The molecule has 0 unspecified atom stereocenters. The number of hydrogen-bond donors (Lipinski definition) is 2. The summed E-state index contributed by atoms with van der Waals surface area (Å²) < 4.78 is 7.03. The molecule has 1 amide bonds. The fourth-order valence-electron chi connectivity index (χ4n) is 3.47. The van der Waals surface area contributed by atoms with Gasteiger partial charge in [-0.15, -0.1) is 10.2 Å². The van der Waals surface area contributed by atoms with Gasteiger partial charge < -0.3 is 10.1 Å². The number of nitrogens with zero attached hydrogens (tertiary/aromatic N) is 4. The van der Waals surface area contributed by atoms with Gasteiger partial charge in [0.1, 0.15) is 16.3 Å². The number of carbonyl (C=O) groups excluding carboxylic acids is 1. The van der Waals surface area contributed by atoms with Crippen molar-refractivity contribution in [2.24, 2.45) is 0 Å². The van der Waals surface area contributed by atoms with E-state index in [0.717, 1.165) is 29.4 Å². The Morgan fingerprint density at radius 2 is 2.18 bits per heavy atom. The monoisotopic (exact) mass is 398 g/mol. The normalized spacial score (nSPS) is 15.9. The van der Waals surface area contributed by atoms with Crippen LogP contribution in [0.5, 0.6) is 5.75 Å². The van der Waals surface area contributed by atoms with Gasteiger partial charge in [0.05, 0.1) is 7.11 Å². The van der Waals surface area contributed by atoms with Crippen LogP contribution in [0.2, 0.25) is 0 Å². The van der Waals surface area contributed by atoms with Crippen molar-refractivity contribution >= 4 is 22.4 Å².